The predicted molar refractivity (Wildman–Crippen MR) is 98.6 cm³/mol. The van der Waals surface area contributed by atoms with Gasteiger partial charge in [0.25, 0.3) is 5.91 Å². The highest BCUT2D eigenvalue weighted by Crippen LogP contribution is 2.32. The minimum absolute atomic E-state index is 0.295. The molecule has 0 radical (unpaired) electrons. The van der Waals surface area contributed by atoms with Gasteiger partial charge in [0.05, 0.1) is 26.1 Å². The van der Waals surface area contributed by atoms with E-state index in [1.54, 1.807) is 38.6 Å². The lowest BCUT2D eigenvalue weighted by Gasteiger charge is -2.08. The van der Waals surface area contributed by atoms with Crippen LogP contribution >= 0.6 is 0 Å². The number of hydrogen-bond acceptors (Lipinski definition) is 5. The molecule has 132 valence electrons. The molecule has 0 bridgehead atoms. The Morgan fingerprint density at radius 2 is 1.92 bits per heavy atom. The van der Waals surface area contributed by atoms with Crippen molar-refractivity contribution in [3.05, 3.63) is 65.9 Å². The number of hydrazone groups is 1. The van der Waals surface area contributed by atoms with Crippen LogP contribution < -0.4 is 14.9 Å². The lowest BCUT2D eigenvalue weighted by atomic mass is 10.1. The maximum Gasteiger partial charge on any atom is 0.289 e. The van der Waals surface area contributed by atoms with Crippen molar-refractivity contribution in [1.82, 2.24) is 15.6 Å². The number of methoxy groups -OCH3 is 2. The van der Waals surface area contributed by atoms with Gasteiger partial charge < -0.3 is 9.47 Å². The molecule has 0 saturated heterocycles. The van der Waals surface area contributed by atoms with Gasteiger partial charge in [0.15, 0.2) is 0 Å². The molecule has 0 aliphatic heterocycles. The SMILES string of the molecule is COc1ccc(-c2cc(C(=O)N/N=C\c3ccccc3)[nH]n2)c(OC)c1. The number of aromatic nitrogens is 2. The summed E-state index contributed by atoms with van der Waals surface area (Å²) in [7, 11) is 3.15. The number of H-pyrrole nitrogens is 1. The van der Waals surface area contributed by atoms with Crippen LogP contribution in [0.1, 0.15) is 16.1 Å². The molecule has 1 heterocycles. The van der Waals surface area contributed by atoms with Gasteiger partial charge in [-0.15, -0.1) is 0 Å². The summed E-state index contributed by atoms with van der Waals surface area (Å²) in [4.78, 5) is 12.2. The third-order valence-corrected chi connectivity index (χ3v) is 3.69. The van der Waals surface area contributed by atoms with E-state index in [1.807, 2.05) is 36.4 Å². The van der Waals surface area contributed by atoms with E-state index < -0.39 is 0 Å². The lowest BCUT2D eigenvalue weighted by molar-refractivity contribution is 0.0950. The highest BCUT2D eigenvalue weighted by atomic mass is 16.5. The zero-order valence-corrected chi connectivity index (χ0v) is 14.4. The Morgan fingerprint density at radius 3 is 2.65 bits per heavy atom. The van der Waals surface area contributed by atoms with Gasteiger partial charge in [0.1, 0.15) is 17.2 Å². The van der Waals surface area contributed by atoms with Gasteiger partial charge in [-0.3, -0.25) is 9.89 Å². The summed E-state index contributed by atoms with van der Waals surface area (Å²) >= 11 is 0. The zero-order chi connectivity index (χ0) is 18.4. The molecule has 0 spiro atoms. The van der Waals surface area contributed by atoms with Crippen LogP contribution in [-0.4, -0.2) is 36.5 Å². The topological polar surface area (TPSA) is 88.6 Å². The van der Waals surface area contributed by atoms with Crippen molar-refractivity contribution < 1.29 is 14.3 Å². The first-order valence-corrected chi connectivity index (χ1v) is 7.87. The van der Waals surface area contributed by atoms with Crippen LogP contribution in [0, 0.1) is 0 Å². The molecule has 0 aliphatic rings. The van der Waals surface area contributed by atoms with Gasteiger partial charge >= 0.3 is 0 Å². The Hall–Kier alpha value is -3.61. The average Bonchev–Trinajstić information content (AvgIpc) is 3.18. The monoisotopic (exact) mass is 350 g/mol. The minimum Gasteiger partial charge on any atom is -0.497 e. The van der Waals surface area contributed by atoms with Gasteiger partial charge in [-0.05, 0) is 23.8 Å². The smallest absolute Gasteiger partial charge is 0.289 e. The second-order valence-corrected chi connectivity index (χ2v) is 5.34. The normalized spacial score (nSPS) is 10.7. The van der Waals surface area contributed by atoms with E-state index in [0.29, 0.717) is 22.9 Å². The molecule has 26 heavy (non-hydrogen) atoms. The van der Waals surface area contributed by atoms with E-state index in [-0.39, 0.29) is 5.91 Å². The minimum atomic E-state index is -0.386. The number of carbonyl (C=O) groups excluding carboxylic acids is 1. The molecule has 0 atom stereocenters. The van der Waals surface area contributed by atoms with Crippen LogP contribution in [0.3, 0.4) is 0 Å². The summed E-state index contributed by atoms with van der Waals surface area (Å²) in [6.07, 6.45) is 1.57. The first-order valence-electron chi connectivity index (χ1n) is 7.87. The molecule has 0 saturated carbocycles. The number of carbonyl (C=O) groups is 1. The maximum absolute atomic E-state index is 12.2. The number of aromatic amines is 1. The molecule has 7 nitrogen and oxygen atoms in total. The number of nitrogens with one attached hydrogen (secondary N) is 2. The number of rotatable bonds is 6. The summed E-state index contributed by atoms with van der Waals surface area (Å²) in [5, 5.41) is 10.8. The zero-order valence-electron chi connectivity index (χ0n) is 14.4. The largest absolute Gasteiger partial charge is 0.497 e. The maximum atomic E-state index is 12.2. The Labute approximate surface area is 150 Å². The molecule has 7 heteroatoms. The summed E-state index contributed by atoms with van der Waals surface area (Å²) < 4.78 is 10.6. The predicted octanol–water partition coefficient (Wildman–Crippen LogP) is 2.86. The van der Waals surface area contributed by atoms with Crippen LogP contribution in [0.25, 0.3) is 11.3 Å². The summed E-state index contributed by atoms with van der Waals surface area (Å²) in [6, 6.07) is 16.5. The fourth-order valence-electron chi connectivity index (χ4n) is 2.35. The van der Waals surface area contributed by atoms with Crippen LogP contribution in [0.5, 0.6) is 11.5 Å². The second kappa shape index (κ2) is 7.98. The fraction of sp³-hybridized carbons (Fsp3) is 0.105. The van der Waals surface area contributed by atoms with E-state index in [9.17, 15) is 4.79 Å². The van der Waals surface area contributed by atoms with Crippen LogP contribution in [0.4, 0.5) is 0 Å². The number of ether oxygens (including phenoxy) is 2. The molecule has 0 aliphatic carbocycles. The molecule has 2 aromatic carbocycles. The molecule has 3 aromatic rings. The summed E-state index contributed by atoms with van der Waals surface area (Å²) in [5.41, 5.74) is 4.98. The van der Waals surface area contributed by atoms with E-state index in [2.05, 4.69) is 20.7 Å². The third-order valence-electron chi connectivity index (χ3n) is 3.69. The lowest BCUT2D eigenvalue weighted by Crippen LogP contribution is -2.17. The van der Waals surface area contributed by atoms with Crippen LogP contribution in [-0.2, 0) is 0 Å². The van der Waals surface area contributed by atoms with Crippen molar-refractivity contribution >= 4 is 12.1 Å². The van der Waals surface area contributed by atoms with Crippen molar-refractivity contribution in [2.24, 2.45) is 5.10 Å². The molecule has 1 amide bonds. The molecule has 3 rings (SSSR count). The molecular weight excluding hydrogens is 332 g/mol. The van der Waals surface area contributed by atoms with Gasteiger partial charge in [-0.25, -0.2) is 5.43 Å². The van der Waals surface area contributed by atoms with Gasteiger partial charge in [0, 0.05) is 11.6 Å². The van der Waals surface area contributed by atoms with Crippen molar-refractivity contribution in [2.75, 3.05) is 14.2 Å². The molecule has 0 fully saturated rings. The molecule has 0 unspecified atom stereocenters. The summed E-state index contributed by atoms with van der Waals surface area (Å²) in [5.74, 6) is 0.891. The molecular formula is C19H18N4O3. The molecule has 2 N–H and O–H groups in total. The van der Waals surface area contributed by atoms with Gasteiger partial charge in [-0.1, -0.05) is 30.3 Å². The van der Waals surface area contributed by atoms with E-state index in [4.69, 9.17) is 9.47 Å². The fourth-order valence-corrected chi connectivity index (χ4v) is 2.35. The Morgan fingerprint density at radius 1 is 1.12 bits per heavy atom. The van der Waals surface area contributed by atoms with Crippen molar-refractivity contribution in [3.8, 4) is 22.8 Å². The highest BCUT2D eigenvalue weighted by Gasteiger charge is 2.14. The number of nitrogens with zero attached hydrogens (tertiary/aromatic N) is 2. The Balaban J connectivity index is 1.73. The first kappa shape index (κ1) is 17.2. The second-order valence-electron chi connectivity index (χ2n) is 5.34. The summed E-state index contributed by atoms with van der Waals surface area (Å²) in [6.45, 7) is 0. The standard InChI is InChI=1S/C19H18N4O3/c1-25-14-8-9-15(18(10-14)26-2)16-11-17(22-21-16)19(24)23-20-12-13-6-4-3-5-7-13/h3-12H,1-2H3,(H,21,22)(H,23,24)/b20-12-. The number of amides is 1. The van der Waals surface area contributed by atoms with Gasteiger partial charge in [0.2, 0.25) is 0 Å². The van der Waals surface area contributed by atoms with Crippen molar-refractivity contribution in [3.63, 3.8) is 0 Å². The van der Waals surface area contributed by atoms with Crippen molar-refractivity contribution in [1.29, 1.82) is 0 Å². The highest BCUT2D eigenvalue weighted by molar-refractivity contribution is 5.94. The Kier molecular flexibility index (Phi) is 5.28. The van der Waals surface area contributed by atoms with Crippen LogP contribution in [0.15, 0.2) is 59.7 Å². The Bertz CT molecular complexity index is 920. The van der Waals surface area contributed by atoms with E-state index in [1.165, 1.54) is 0 Å². The van der Waals surface area contributed by atoms with Crippen LogP contribution in [0.2, 0.25) is 0 Å². The van der Waals surface area contributed by atoms with E-state index in [0.717, 1.165) is 11.1 Å². The third kappa shape index (κ3) is 3.89. The number of hydrogen-bond donors (Lipinski definition) is 2. The quantitative estimate of drug-likeness (QED) is 0.528. The molecule has 1 aromatic heterocycles. The number of benzene rings is 2. The van der Waals surface area contributed by atoms with Gasteiger partial charge in [-0.2, -0.15) is 10.2 Å². The first-order chi connectivity index (χ1) is 12.7. The average molecular weight is 350 g/mol. The van der Waals surface area contributed by atoms with Crippen molar-refractivity contribution in [2.45, 2.75) is 0 Å². The van der Waals surface area contributed by atoms with E-state index >= 15 is 0 Å².